The topological polar surface area (TPSA) is 114 Å². The summed E-state index contributed by atoms with van der Waals surface area (Å²) in [6.45, 7) is 2.11. The van der Waals surface area contributed by atoms with Gasteiger partial charge in [0.25, 0.3) is 0 Å². The maximum atomic E-state index is 12.3. The SMILES string of the molecule is COc1ccc(OCCCC(=O)N2CCC(N)CC2)cc1N1CCC(=O)NC1=O. The van der Waals surface area contributed by atoms with E-state index in [4.69, 9.17) is 15.2 Å². The summed E-state index contributed by atoms with van der Waals surface area (Å²) in [5.74, 6) is 0.922. The fourth-order valence-corrected chi connectivity index (χ4v) is 3.48. The number of benzene rings is 1. The molecule has 3 N–H and O–H groups in total. The average Bonchev–Trinajstić information content (AvgIpc) is 2.71. The second-order valence-electron chi connectivity index (χ2n) is 7.26. The number of amides is 4. The third-order valence-corrected chi connectivity index (χ3v) is 5.19. The number of urea groups is 1. The second kappa shape index (κ2) is 9.60. The van der Waals surface area contributed by atoms with Crippen LogP contribution in [0.5, 0.6) is 11.5 Å². The Labute approximate surface area is 170 Å². The zero-order valence-electron chi connectivity index (χ0n) is 16.7. The second-order valence-corrected chi connectivity index (χ2v) is 7.26. The quantitative estimate of drug-likeness (QED) is 0.661. The zero-order valence-corrected chi connectivity index (χ0v) is 16.7. The van der Waals surface area contributed by atoms with E-state index in [1.807, 2.05) is 4.90 Å². The van der Waals surface area contributed by atoms with Crippen LogP contribution in [-0.4, -0.2) is 62.1 Å². The van der Waals surface area contributed by atoms with Crippen molar-refractivity contribution in [2.75, 3.05) is 38.3 Å². The minimum Gasteiger partial charge on any atom is -0.495 e. The summed E-state index contributed by atoms with van der Waals surface area (Å²) in [4.78, 5) is 39.1. The fourth-order valence-electron chi connectivity index (χ4n) is 3.48. The van der Waals surface area contributed by atoms with Crippen LogP contribution >= 0.6 is 0 Å². The minimum atomic E-state index is -0.483. The number of likely N-dealkylation sites (tertiary alicyclic amines) is 1. The summed E-state index contributed by atoms with van der Waals surface area (Å²) in [6.07, 6.45) is 2.96. The number of methoxy groups -OCH3 is 1. The molecule has 4 amide bonds. The molecule has 158 valence electrons. The van der Waals surface area contributed by atoms with Gasteiger partial charge in [0.1, 0.15) is 11.5 Å². The number of hydrogen-bond donors (Lipinski definition) is 2. The van der Waals surface area contributed by atoms with Gasteiger partial charge in [-0.05, 0) is 31.4 Å². The molecule has 0 atom stereocenters. The van der Waals surface area contributed by atoms with Gasteiger partial charge in [0.05, 0.1) is 19.4 Å². The maximum Gasteiger partial charge on any atom is 0.328 e. The molecule has 0 saturated carbocycles. The molecule has 0 unspecified atom stereocenters. The van der Waals surface area contributed by atoms with E-state index in [2.05, 4.69) is 5.32 Å². The summed E-state index contributed by atoms with van der Waals surface area (Å²) in [5.41, 5.74) is 6.41. The first-order chi connectivity index (χ1) is 14.0. The minimum absolute atomic E-state index is 0.130. The lowest BCUT2D eigenvalue weighted by Gasteiger charge is -2.30. The summed E-state index contributed by atoms with van der Waals surface area (Å²) >= 11 is 0. The van der Waals surface area contributed by atoms with Crippen LogP contribution < -0.4 is 25.4 Å². The van der Waals surface area contributed by atoms with Crippen molar-refractivity contribution >= 4 is 23.5 Å². The standard InChI is InChI=1S/C20H28N4O5/c1-28-17-5-4-15(13-16(17)24-11-8-18(25)22-20(24)27)29-12-2-3-19(26)23-9-6-14(21)7-10-23/h4-5,13-14H,2-3,6-12,21H2,1H3,(H,22,25,27). The first-order valence-electron chi connectivity index (χ1n) is 9.93. The molecule has 2 fully saturated rings. The van der Waals surface area contributed by atoms with Gasteiger partial charge in [-0.2, -0.15) is 0 Å². The molecule has 29 heavy (non-hydrogen) atoms. The smallest absolute Gasteiger partial charge is 0.328 e. The van der Waals surface area contributed by atoms with E-state index in [0.29, 0.717) is 36.6 Å². The highest BCUT2D eigenvalue weighted by molar-refractivity contribution is 6.06. The highest BCUT2D eigenvalue weighted by Gasteiger charge is 2.27. The first-order valence-corrected chi connectivity index (χ1v) is 9.93. The maximum absolute atomic E-state index is 12.3. The number of hydrogen-bond acceptors (Lipinski definition) is 6. The Kier molecular flexibility index (Phi) is 6.92. The number of rotatable bonds is 7. The number of piperidine rings is 1. The van der Waals surface area contributed by atoms with Gasteiger partial charge in [0.15, 0.2) is 0 Å². The van der Waals surface area contributed by atoms with Crippen LogP contribution in [0.1, 0.15) is 32.1 Å². The number of nitrogens with two attached hydrogens (primary N) is 1. The largest absolute Gasteiger partial charge is 0.495 e. The lowest BCUT2D eigenvalue weighted by atomic mass is 10.1. The molecule has 0 bridgehead atoms. The van der Waals surface area contributed by atoms with Crippen molar-refractivity contribution in [3.8, 4) is 11.5 Å². The van der Waals surface area contributed by atoms with Crippen molar-refractivity contribution in [2.24, 2.45) is 5.73 Å². The van der Waals surface area contributed by atoms with Crippen LogP contribution in [0.25, 0.3) is 0 Å². The van der Waals surface area contributed by atoms with Gasteiger partial charge >= 0.3 is 6.03 Å². The number of nitrogens with one attached hydrogen (secondary N) is 1. The average molecular weight is 404 g/mol. The highest BCUT2D eigenvalue weighted by atomic mass is 16.5. The van der Waals surface area contributed by atoms with Gasteiger partial charge in [-0.3, -0.25) is 19.8 Å². The molecule has 0 radical (unpaired) electrons. The number of carbonyl (C=O) groups is 3. The molecule has 0 aliphatic carbocycles. The number of ether oxygens (including phenoxy) is 2. The van der Waals surface area contributed by atoms with E-state index < -0.39 is 6.03 Å². The third-order valence-electron chi connectivity index (χ3n) is 5.19. The molecular formula is C20H28N4O5. The van der Waals surface area contributed by atoms with Crippen molar-refractivity contribution in [3.05, 3.63) is 18.2 Å². The zero-order chi connectivity index (χ0) is 20.8. The van der Waals surface area contributed by atoms with Gasteiger partial charge in [-0.1, -0.05) is 0 Å². The van der Waals surface area contributed by atoms with Crippen molar-refractivity contribution in [1.82, 2.24) is 10.2 Å². The van der Waals surface area contributed by atoms with E-state index in [-0.39, 0.29) is 30.8 Å². The van der Waals surface area contributed by atoms with Crippen molar-refractivity contribution < 1.29 is 23.9 Å². The van der Waals surface area contributed by atoms with Crippen molar-refractivity contribution in [3.63, 3.8) is 0 Å². The van der Waals surface area contributed by atoms with Gasteiger partial charge in [0.2, 0.25) is 11.8 Å². The summed E-state index contributed by atoms with van der Waals surface area (Å²) < 4.78 is 11.1. The number of nitrogens with zero attached hydrogens (tertiary/aromatic N) is 2. The summed E-state index contributed by atoms with van der Waals surface area (Å²) in [7, 11) is 1.52. The third kappa shape index (κ3) is 5.38. The van der Waals surface area contributed by atoms with E-state index in [1.165, 1.54) is 12.0 Å². The van der Waals surface area contributed by atoms with E-state index in [1.54, 1.807) is 18.2 Å². The Morgan fingerprint density at radius 3 is 2.69 bits per heavy atom. The molecule has 3 rings (SSSR count). The van der Waals surface area contributed by atoms with Gasteiger partial charge in [-0.25, -0.2) is 4.79 Å². The molecule has 2 aliphatic heterocycles. The Morgan fingerprint density at radius 1 is 1.24 bits per heavy atom. The lowest BCUT2D eigenvalue weighted by molar-refractivity contribution is -0.132. The number of anilines is 1. The van der Waals surface area contributed by atoms with Crippen LogP contribution in [0.15, 0.2) is 18.2 Å². The normalized spacial score (nSPS) is 17.9. The van der Waals surface area contributed by atoms with E-state index in [0.717, 1.165) is 25.9 Å². The number of imide groups is 1. The van der Waals surface area contributed by atoms with Crippen molar-refractivity contribution in [2.45, 2.75) is 38.1 Å². The van der Waals surface area contributed by atoms with E-state index >= 15 is 0 Å². The Morgan fingerprint density at radius 2 is 2.00 bits per heavy atom. The first kappa shape index (κ1) is 20.9. The van der Waals surface area contributed by atoms with Gasteiger partial charge < -0.3 is 20.1 Å². The van der Waals surface area contributed by atoms with E-state index in [9.17, 15) is 14.4 Å². The molecule has 0 spiro atoms. The molecule has 0 aromatic heterocycles. The van der Waals surface area contributed by atoms with Crippen LogP contribution in [0.2, 0.25) is 0 Å². The molecule has 2 heterocycles. The highest BCUT2D eigenvalue weighted by Crippen LogP contribution is 2.33. The molecular weight excluding hydrogens is 376 g/mol. The fraction of sp³-hybridized carbons (Fsp3) is 0.550. The van der Waals surface area contributed by atoms with Gasteiger partial charge in [0, 0.05) is 44.6 Å². The Hall–Kier alpha value is -2.81. The predicted octanol–water partition coefficient (Wildman–Crippen LogP) is 1.25. The van der Waals surface area contributed by atoms with Crippen LogP contribution in [0, 0.1) is 0 Å². The van der Waals surface area contributed by atoms with Crippen LogP contribution in [-0.2, 0) is 9.59 Å². The number of carbonyl (C=O) groups excluding carboxylic acids is 3. The monoisotopic (exact) mass is 404 g/mol. The summed E-state index contributed by atoms with van der Waals surface area (Å²) in [6, 6.07) is 4.90. The van der Waals surface area contributed by atoms with Crippen LogP contribution in [0.3, 0.4) is 0 Å². The lowest BCUT2D eigenvalue weighted by Crippen LogP contribution is -2.49. The van der Waals surface area contributed by atoms with Crippen molar-refractivity contribution in [1.29, 1.82) is 0 Å². The molecule has 2 aliphatic rings. The van der Waals surface area contributed by atoms with Gasteiger partial charge in [-0.15, -0.1) is 0 Å². The Balaban J connectivity index is 1.53. The molecule has 1 aromatic rings. The molecule has 1 aromatic carbocycles. The Bertz CT molecular complexity index is 761. The van der Waals surface area contributed by atoms with Crippen LogP contribution in [0.4, 0.5) is 10.5 Å². The predicted molar refractivity (Wildman–Crippen MR) is 107 cm³/mol. The molecule has 9 heteroatoms. The molecule has 9 nitrogen and oxygen atoms in total. The summed E-state index contributed by atoms with van der Waals surface area (Å²) in [5, 5.41) is 2.30. The molecule has 2 saturated heterocycles.